The highest BCUT2D eigenvalue weighted by atomic mass is 16.5. The Labute approximate surface area is 96.2 Å². The highest BCUT2D eigenvalue weighted by molar-refractivity contribution is 5.62. The molecule has 1 saturated heterocycles. The van der Waals surface area contributed by atoms with Crippen molar-refractivity contribution in [1.82, 2.24) is 0 Å². The van der Waals surface area contributed by atoms with E-state index in [-0.39, 0.29) is 0 Å². The minimum absolute atomic E-state index is 0.715. The average molecular weight is 218 g/mol. The monoisotopic (exact) mass is 218 g/mol. The SMILES string of the molecule is Nc1ccc2c(c1)N(CC1COC1)CCC2. The standard InChI is InChI=1S/C13H18N2O/c14-12-4-3-11-2-1-5-15(13(11)6-12)7-10-8-16-9-10/h3-4,6,10H,1-2,5,7-9,14H2. The number of anilines is 2. The maximum absolute atomic E-state index is 5.87. The van der Waals surface area contributed by atoms with E-state index in [1.807, 2.05) is 6.07 Å². The lowest BCUT2D eigenvalue weighted by Gasteiger charge is -2.37. The Hall–Kier alpha value is -1.22. The van der Waals surface area contributed by atoms with Crippen molar-refractivity contribution in [3.63, 3.8) is 0 Å². The Bertz CT molecular complexity index is 388. The van der Waals surface area contributed by atoms with Crippen LogP contribution in [0.2, 0.25) is 0 Å². The van der Waals surface area contributed by atoms with Gasteiger partial charge in [0.15, 0.2) is 0 Å². The molecule has 0 radical (unpaired) electrons. The third kappa shape index (κ3) is 1.76. The number of rotatable bonds is 2. The minimum atomic E-state index is 0.715. The number of nitrogens with zero attached hydrogens (tertiary/aromatic N) is 1. The zero-order valence-corrected chi connectivity index (χ0v) is 9.48. The van der Waals surface area contributed by atoms with Crippen LogP contribution in [-0.4, -0.2) is 26.3 Å². The summed E-state index contributed by atoms with van der Waals surface area (Å²) in [4.78, 5) is 2.47. The predicted molar refractivity (Wildman–Crippen MR) is 65.7 cm³/mol. The van der Waals surface area contributed by atoms with Crippen LogP contribution in [0.15, 0.2) is 18.2 Å². The number of hydrogen-bond acceptors (Lipinski definition) is 3. The molecule has 2 aliphatic heterocycles. The van der Waals surface area contributed by atoms with Crippen LogP contribution in [0, 0.1) is 5.92 Å². The lowest BCUT2D eigenvalue weighted by molar-refractivity contribution is -0.0277. The summed E-state index contributed by atoms with van der Waals surface area (Å²) in [6.07, 6.45) is 2.44. The summed E-state index contributed by atoms with van der Waals surface area (Å²) in [5.74, 6) is 0.715. The number of benzene rings is 1. The molecule has 0 unspecified atom stereocenters. The molecule has 0 saturated carbocycles. The van der Waals surface area contributed by atoms with Crippen LogP contribution in [-0.2, 0) is 11.2 Å². The van der Waals surface area contributed by atoms with E-state index in [9.17, 15) is 0 Å². The van der Waals surface area contributed by atoms with Gasteiger partial charge in [0.05, 0.1) is 13.2 Å². The maximum atomic E-state index is 5.87. The van der Waals surface area contributed by atoms with Crippen LogP contribution in [0.4, 0.5) is 11.4 Å². The Morgan fingerprint density at radius 2 is 2.25 bits per heavy atom. The summed E-state index contributed by atoms with van der Waals surface area (Å²) in [5.41, 5.74) is 9.53. The van der Waals surface area contributed by atoms with Crippen molar-refractivity contribution in [3.8, 4) is 0 Å². The molecule has 0 bridgehead atoms. The summed E-state index contributed by atoms with van der Waals surface area (Å²) in [6.45, 7) is 4.13. The smallest absolute Gasteiger partial charge is 0.0533 e. The van der Waals surface area contributed by atoms with E-state index in [1.54, 1.807) is 0 Å². The molecule has 1 aromatic rings. The van der Waals surface area contributed by atoms with Crippen LogP contribution in [0.5, 0.6) is 0 Å². The van der Waals surface area contributed by atoms with Crippen LogP contribution < -0.4 is 10.6 Å². The molecule has 86 valence electrons. The molecule has 0 atom stereocenters. The molecule has 2 aliphatic rings. The van der Waals surface area contributed by atoms with Crippen molar-refractivity contribution >= 4 is 11.4 Å². The van der Waals surface area contributed by atoms with Gasteiger partial charge in [-0.25, -0.2) is 0 Å². The van der Waals surface area contributed by atoms with Crippen molar-refractivity contribution in [2.45, 2.75) is 12.8 Å². The quantitative estimate of drug-likeness (QED) is 0.767. The summed E-state index contributed by atoms with van der Waals surface area (Å²) < 4.78 is 5.24. The number of ether oxygens (including phenoxy) is 1. The number of nitrogens with two attached hydrogens (primary N) is 1. The molecule has 3 rings (SSSR count). The van der Waals surface area contributed by atoms with Gasteiger partial charge < -0.3 is 15.4 Å². The van der Waals surface area contributed by atoms with Crippen molar-refractivity contribution in [2.24, 2.45) is 5.92 Å². The van der Waals surface area contributed by atoms with E-state index in [4.69, 9.17) is 10.5 Å². The average Bonchev–Trinajstić information content (AvgIpc) is 2.23. The van der Waals surface area contributed by atoms with Gasteiger partial charge in [0.25, 0.3) is 0 Å². The van der Waals surface area contributed by atoms with Gasteiger partial charge in [0, 0.05) is 30.4 Å². The summed E-state index contributed by atoms with van der Waals surface area (Å²) in [5, 5.41) is 0. The second kappa shape index (κ2) is 3.98. The molecule has 3 heteroatoms. The van der Waals surface area contributed by atoms with Crippen molar-refractivity contribution in [2.75, 3.05) is 36.9 Å². The van der Waals surface area contributed by atoms with Gasteiger partial charge in [-0.1, -0.05) is 6.07 Å². The van der Waals surface area contributed by atoms with E-state index in [0.717, 1.165) is 32.0 Å². The van der Waals surface area contributed by atoms with Gasteiger partial charge in [-0.05, 0) is 30.5 Å². The Morgan fingerprint density at radius 1 is 1.38 bits per heavy atom. The normalized spacial score (nSPS) is 20.4. The Morgan fingerprint density at radius 3 is 3.00 bits per heavy atom. The lowest BCUT2D eigenvalue weighted by Crippen LogP contribution is -2.41. The van der Waals surface area contributed by atoms with Gasteiger partial charge in [-0.3, -0.25) is 0 Å². The molecule has 16 heavy (non-hydrogen) atoms. The van der Waals surface area contributed by atoms with E-state index >= 15 is 0 Å². The molecule has 0 aromatic heterocycles. The molecule has 0 aliphatic carbocycles. The van der Waals surface area contributed by atoms with E-state index < -0.39 is 0 Å². The Balaban J connectivity index is 1.83. The fourth-order valence-electron chi connectivity index (χ4n) is 2.56. The zero-order chi connectivity index (χ0) is 11.0. The van der Waals surface area contributed by atoms with Gasteiger partial charge in [0.1, 0.15) is 0 Å². The van der Waals surface area contributed by atoms with Crippen LogP contribution in [0.1, 0.15) is 12.0 Å². The topological polar surface area (TPSA) is 38.5 Å². The van der Waals surface area contributed by atoms with E-state index in [0.29, 0.717) is 5.92 Å². The molecular weight excluding hydrogens is 200 g/mol. The number of nitrogen functional groups attached to an aromatic ring is 1. The van der Waals surface area contributed by atoms with Crippen molar-refractivity contribution < 1.29 is 4.74 Å². The molecular formula is C13H18N2O. The number of fused-ring (bicyclic) bond motifs is 1. The van der Waals surface area contributed by atoms with Gasteiger partial charge >= 0.3 is 0 Å². The molecule has 1 fully saturated rings. The largest absolute Gasteiger partial charge is 0.399 e. The second-order valence-electron chi connectivity index (χ2n) is 4.84. The van der Waals surface area contributed by atoms with E-state index in [2.05, 4.69) is 17.0 Å². The highest BCUT2D eigenvalue weighted by Gasteiger charge is 2.24. The molecule has 2 heterocycles. The molecule has 2 N–H and O–H groups in total. The first kappa shape index (κ1) is 9.97. The summed E-state index contributed by atoms with van der Waals surface area (Å²) in [6, 6.07) is 6.30. The maximum Gasteiger partial charge on any atom is 0.0533 e. The minimum Gasteiger partial charge on any atom is -0.399 e. The zero-order valence-electron chi connectivity index (χ0n) is 9.48. The van der Waals surface area contributed by atoms with Gasteiger partial charge in [0.2, 0.25) is 0 Å². The van der Waals surface area contributed by atoms with E-state index in [1.165, 1.54) is 24.1 Å². The molecule has 0 spiro atoms. The van der Waals surface area contributed by atoms with Crippen LogP contribution in [0.25, 0.3) is 0 Å². The van der Waals surface area contributed by atoms with Crippen LogP contribution >= 0.6 is 0 Å². The fraction of sp³-hybridized carbons (Fsp3) is 0.538. The summed E-state index contributed by atoms with van der Waals surface area (Å²) in [7, 11) is 0. The predicted octanol–water partition coefficient (Wildman–Crippen LogP) is 1.67. The first-order valence-corrected chi connectivity index (χ1v) is 6.04. The number of aryl methyl sites for hydroxylation is 1. The highest BCUT2D eigenvalue weighted by Crippen LogP contribution is 2.30. The first-order valence-electron chi connectivity index (χ1n) is 6.04. The molecule has 3 nitrogen and oxygen atoms in total. The third-order valence-corrected chi connectivity index (χ3v) is 3.51. The summed E-state index contributed by atoms with van der Waals surface area (Å²) >= 11 is 0. The first-order chi connectivity index (χ1) is 7.83. The molecule has 0 amide bonds. The van der Waals surface area contributed by atoms with Crippen molar-refractivity contribution in [1.29, 1.82) is 0 Å². The van der Waals surface area contributed by atoms with Gasteiger partial charge in [-0.2, -0.15) is 0 Å². The number of hydrogen-bond donors (Lipinski definition) is 1. The Kier molecular flexibility index (Phi) is 2.48. The molecule has 1 aromatic carbocycles. The van der Waals surface area contributed by atoms with Crippen molar-refractivity contribution in [3.05, 3.63) is 23.8 Å². The second-order valence-corrected chi connectivity index (χ2v) is 4.84. The fourth-order valence-corrected chi connectivity index (χ4v) is 2.56. The van der Waals surface area contributed by atoms with Gasteiger partial charge in [-0.15, -0.1) is 0 Å². The third-order valence-electron chi connectivity index (χ3n) is 3.51. The van der Waals surface area contributed by atoms with Crippen LogP contribution in [0.3, 0.4) is 0 Å². The lowest BCUT2D eigenvalue weighted by atomic mass is 9.99.